The summed E-state index contributed by atoms with van der Waals surface area (Å²) in [5.74, 6) is -2.07. The van der Waals surface area contributed by atoms with Gasteiger partial charge in [-0.15, -0.1) is 0 Å². The summed E-state index contributed by atoms with van der Waals surface area (Å²) in [5, 5.41) is 19.3. The second-order valence-corrected chi connectivity index (χ2v) is 4.54. The van der Waals surface area contributed by atoms with Gasteiger partial charge in [0.15, 0.2) is 0 Å². The van der Waals surface area contributed by atoms with Crippen LogP contribution in [0.3, 0.4) is 0 Å². The molecule has 1 amide bonds. The zero-order valence-corrected chi connectivity index (χ0v) is 10.6. The number of nitrogens with one attached hydrogen (secondary N) is 1. The molecular formula is C7H11INO5S-. The van der Waals surface area contributed by atoms with E-state index in [-0.39, 0.29) is 18.1 Å². The molecule has 1 atom stereocenters. The van der Waals surface area contributed by atoms with Crippen LogP contribution in [-0.4, -0.2) is 40.4 Å². The van der Waals surface area contributed by atoms with E-state index in [9.17, 15) is 14.4 Å². The predicted molar refractivity (Wildman–Crippen MR) is 49.9 cm³/mol. The molecule has 15 heavy (non-hydrogen) atoms. The van der Waals surface area contributed by atoms with Crippen molar-refractivity contribution < 1.29 is 45.6 Å². The van der Waals surface area contributed by atoms with Crippen LogP contribution in [0.5, 0.6) is 0 Å². The van der Waals surface area contributed by atoms with Crippen molar-refractivity contribution in [2.75, 3.05) is 6.54 Å². The van der Waals surface area contributed by atoms with E-state index in [1.165, 1.54) is 0 Å². The summed E-state index contributed by atoms with van der Waals surface area (Å²) in [7, 11) is 0.945. The van der Waals surface area contributed by atoms with Crippen LogP contribution in [-0.2, 0) is 14.4 Å². The van der Waals surface area contributed by atoms with E-state index in [4.69, 9.17) is 10.8 Å². The molecule has 0 aromatic rings. The molecule has 0 heterocycles. The summed E-state index contributed by atoms with van der Waals surface area (Å²) in [6.07, 6.45) is -2.13. The van der Waals surface area contributed by atoms with E-state index in [0.29, 0.717) is 0 Å². The van der Waals surface area contributed by atoms with Crippen LogP contribution in [0.15, 0.2) is 0 Å². The Kier molecular flexibility index (Phi) is 6.68. The van der Waals surface area contributed by atoms with Gasteiger partial charge in [0.25, 0.3) is 0 Å². The third-order valence-corrected chi connectivity index (χ3v) is 3.25. The Balaban J connectivity index is 3.66. The molecule has 0 saturated carbocycles. The Morgan fingerprint density at radius 1 is 1.53 bits per heavy atom. The zero-order chi connectivity index (χ0) is 12.6. The van der Waals surface area contributed by atoms with Crippen LogP contribution in [0.1, 0.15) is 12.8 Å². The Morgan fingerprint density at radius 2 is 2.20 bits per heavy atom. The summed E-state index contributed by atoms with van der Waals surface area (Å²) in [6.45, 7) is 0.0980. The van der Waals surface area contributed by atoms with E-state index in [1.807, 2.05) is 0 Å². The number of carboxylic acid groups (broad SMARTS) is 1. The van der Waals surface area contributed by atoms with E-state index >= 15 is 0 Å². The van der Waals surface area contributed by atoms with E-state index in [0.717, 1.165) is 8.93 Å². The van der Waals surface area contributed by atoms with Crippen LogP contribution in [0, 0.1) is 0 Å². The van der Waals surface area contributed by atoms with Gasteiger partial charge in [0.05, 0.1) is 0 Å². The number of carbonyl (C=O) groups is 3. The van der Waals surface area contributed by atoms with E-state index in [2.05, 4.69) is 5.32 Å². The van der Waals surface area contributed by atoms with Crippen molar-refractivity contribution in [3.8, 4) is 0 Å². The van der Waals surface area contributed by atoms with Gasteiger partial charge in [-0.2, -0.15) is 0 Å². The van der Waals surface area contributed by atoms with Crippen LogP contribution in [0.25, 0.3) is 0 Å². The summed E-state index contributed by atoms with van der Waals surface area (Å²) in [5.41, 5.74) is 0. The number of hydrogen-bond acceptors (Lipinski definition) is 5. The monoisotopic (exact) mass is 350 g/mol. The fourth-order valence-electron chi connectivity index (χ4n) is 0.678. The maximum absolute atomic E-state index is 11.0. The number of amides is 1. The van der Waals surface area contributed by atoms with Gasteiger partial charge in [-0.3, -0.25) is 0 Å². The third-order valence-electron chi connectivity index (χ3n) is 1.40. The molecule has 8 heteroatoms. The molecule has 0 radical (unpaired) electrons. The molecule has 0 rings (SSSR count). The van der Waals surface area contributed by atoms with Crippen LogP contribution >= 0.6 is 8.93 Å². The number of aliphatic carboxylic acids is 1. The molecule has 6 nitrogen and oxygen atoms in total. The first kappa shape index (κ1) is 12.7. The number of aliphatic hydroxyl groups excluding tert-OH is 1. The average molecular weight is 350 g/mol. The predicted octanol–water partition coefficient (Wildman–Crippen LogP) is -4.21. The van der Waals surface area contributed by atoms with Crippen molar-refractivity contribution in [3.05, 3.63) is 0 Å². The quantitative estimate of drug-likeness (QED) is 0.402. The second-order valence-electron chi connectivity index (χ2n) is 2.61. The zero-order valence-electron chi connectivity index (χ0n) is 8.60. The fraction of sp³-hybridized carbons (Fsp3) is 0.571. The summed E-state index contributed by atoms with van der Waals surface area (Å²) in [4.78, 5) is 32.1. The molecular weight excluding hydrogens is 337 g/mol. The molecule has 88 valence electrons. The first-order valence-electron chi connectivity index (χ1n) is 4.34. The Bertz CT molecular complexity index is 278. The van der Waals surface area contributed by atoms with Gasteiger partial charge >= 0.3 is 103 Å². The maximum atomic E-state index is 11.0. The first-order chi connectivity index (χ1) is 7.47. The van der Waals surface area contributed by atoms with Crippen molar-refractivity contribution in [3.63, 3.8) is 0 Å². The molecule has 0 aliphatic rings. The number of halogens is 1. The number of aliphatic hydroxyl groups is 1. The summed E-state index contributed by atoms with van der Waals surface area (Å²) in [6, 6.07) is 0. The SMILES string of the molecule is [3H][I-]SC(=O)CCNC(=O)C[C@H](O)C(=O)O. The van der Waals surface area contributed by atoms with Crippen LogP contribution < -0.4 is 26.3 Å². The van der Waals surface area contributed by atoms with Crippen molar-refractivity contribution >= 4 is 25.9 Å². The third kappa shape index (κ3) is 7.56. The topological polar surface area (TPSA) is 104 Å². The Morgan fingerprint density at radius 3 is 2.73 bits per heavy atom. The van der Waals surface area contributed by atoms with Gasteiger partial charge in [-0.05, 0) is 0 Å². The Hall–Kier alpha value is -0.350. The molecule has 0 aromatic heterocycles. The van der Waals surface area contributed by atoms with Crippen LogP contribution in [0.2, 0.25) is 0 Å². The van der Waals surface area contributed by atoms with Gasteiger partial charge in [-0.25, -0.2) is 0 Å². The normalized spacial score (nSPS) is 13.0. The molecule has 0 bridgehead atoms. The van der Waals surface area contributed by atoms with Gasteiger partial charge in [-0.1, -0.05) is 0 Å². The Labute approximate surface area is 103 Å². The molecule has 0 aliphatic heterocycles. The number of rotatable bonds is 7. The van der Waals surface area contributed by atoms with E-state index in [1.54, 1.807) is 0 Å². The number of hydrogen-bond donors (Lipinski definition) is 3. The molecule has 3 N–H and O–H groups in total. The fourth-order valence-corrected chi connectivity index (χ4v) is 1.52. The number of carboxylic acids is 1. The average Bonchev–Trinajstić information content (AvgIpc) is 2.17. The standard InChI is InChI=1S/C7H11INO5S/c8-15-6(12)1-2-9-5(11)3-4(10)7(13)14/h4,8,10H,1-3H2,(H,9,11)(H,13,14)/q-1/t4-/m0/s1/i8T. The van der Waals surface area contributed by atoms with Gasteiger partial charge in [0, 0.05) is 0 Å². The first-order valence-corrected chi connectivity index (χ1v) is 7.32. The molecule has 0 saturated heterocycles. The molecule has 0 fully saturated rings. The minimum absolute atomic E-state index is 0.0980. The van der Waals surface area contributed by atoms with Gasteiger partial charge in [0.1, 0.15) is 0 Å². The minimum atomic E-state index is -1.72. The summed E-state index contributed by atoms with van der Waals surface area (Å²) >= 11 is -0.903. The molecule has 0 unspecified atom stereocenters. The van der Waals surface area contributed by atoms with Crippen molar-refractivity contribution in [1.29, 1.82) is 0.594 Å². The van der Waals surface area contributed by atoms with Crippen molar-refractivity contribution in [2.45, 2.75) is 18.9 Å². The van der Waals surface area contributed by atoms with Gasteiger partial charge < -0.3 is 0 Å². The van der Waals surface area contributed by atoms with Crippen LogP contribution in [0.4, 0.5) is 0 Å². The number of carbonyl (C=O) groups excluding carboxylic acids is 2. The van der Waals surface area contributed by atoms with Gasteiger partial charge in [0.2, 0.25) is 0 Å². The summed E-state index contributed by atoms with van der Waals surface area (Å²) < 4.78 is 6.86. The molecule has 0 aliphatic carbocycles. The van der Waals surface area contributed by atoms with Crippen molar-refractivity contribution in [1.82, 2.24) is 5.32 Å². The molecule has 0 spiro atoms. The molecule has 0 aromatic carbocycles. The van der Waals surface area contributed by atoms with Crippen molar-refractivity contribution in [2.24, 2.45) is 0 Å². The van der Waals surface area contributed by atoms with E-state index < -0.39 is 45.4 Å². The second kappa shape index (κ2) is 7.88.